The monoisotopic (exact) mass is 515 g/mol. The predicted octanol–water partition coefficient (Wildman–Crippen LogP) is 6.82. The Morgan fingerprint density at radius 1 is 0.946 bits per heavy atom. The molecule has 1 aromatic heterocycles. The van der Waals surface area contributed by atoms with Crippen molar-refractivity contribution in [2.75, 3.05) is 6.54 Å². The maximum atomic E-state index is 15.0. The van der Waals surface area contributed by atoms with Crippen LogP contribution in [-0.2, 0) is 12.1 Å². The summed E-state index contributed by atoms with van der Waals surface area (Å²) in [6.45, 7) is 2.33. The number of hydrogen-bond donors (Lipinski definition) is 1. The molecule has 192 valence electrons. The lowest BCUT2D eigenvalue weighted by atomic mass is 10.0. The fourth-order valence-corrected chi connectivity index (χ4v) is 3.84. The van der Waals surface area contributed by atoms with E-state index in [0.717, 1.165) is 30.0 Å². The van der Waals surface area contributed by atoms with E-state index in [4.69, 9.17) is 4.74 Å². The summed E-state index contributed by atoms with van der Waals surface area (Å²) >= 11 is 0. The number of carbonyl (C=O) groups excluding carboxylic acids is 1. The van der Waals surface area contributed by atoms with E-state index in [1.807, 2.05) is 0 Å². The van der Waals surface area contributed by atoms with E-state index in [1.54, 1.807) is 56.3 Å². The molecule has 0 aliphatic carbocycles. The number of benzene rings is 3. The first-order valence-corrected chi connectivity index (χ1v) is 11.2. The van der Waals surface area contributed by atoms with Crippen LogP contribution in [0, 0.1) is 13.8 Å². The average Bonchev–Trinajstić information content (AvgIpc) is 3.26. The van der Waals surface area contributed by atoms with Crippen LogP contribution in [0.4, 0.5) is 22.0 Å². The molecule has 0 atom stereocenters. The highest BCUT2D eigenvalue weighted by molar-refractivity contribution is 5.96. The van der Waals surface area contributed by atoms with Crippen LogP contribution in [0.2, 0.25) is 0 Å². The number of aromatic nitrogens is 2. The number of carbonyl (C=O) groups is 1. The number of ether oxygens (including phenoxy) is 1. The van der Waals surface area contributed by atoms with Gasteiger partial charge in [0.25, 0.3) is 11.8 Å². The molecule has 0 aliphatic heterocycles. The molecule has 0 saturated carbocycles. The van der Waals surface area contributed by atoms with Crippen LogP contribution in [0.15, 0.2) is 79.0 Å². The van der Waals surface area contributed by atoms with Gasteiger partial charge in [-0.2, -0.15) is 27.1 Å². The third-order valence-corrected chi connectivity index (χ3v) is 5.59. The van der Waals surface area contributed by atoms with Crippen molar-refractivity contribution in [2.24, 2.45) is 0 Å². The van der Waals surface area contributed by atoms with Gasteiger partial charge in [0.15, 0.2) is 11.4 Å². The molecular formula is C27H22F5N3O2. The summed E-state index contributed by atoms with van der Waals surface area (Å²) in [4.78, 5) is 13.2. The minimum atomic E-state index is -4.60. The van der Waals surface area contributed by atoms with Crippen LogP contribution in [-0.4, -0.2) is 22.2 Å². The summed E-state index contributed by atoms with van der Waals surface area (Å²) in [5.74, 6) is -4.71. The standard InChI is InChI=1S/C27H22F5N3O2/c1-17-11-12-22(18(2)13-17)26(28,29)16-33-25(36)24-23(15-34-35(24)20-8-4-3-5-9-20)37-21-10-6-7-19(14-21)27(30,31)32/h3-15H,16H2,1-2H3,(H,33,36). The Morgan fingerprint density at radius 2 is 1.68 bits per heavy atom. The van der Waals surface area contributed by atoms with Gasteiger partial charge in [-0.3, -0.25) is 4.79 Å². The van der Waals surface area contributed by atoms with Gasteiger partial charge in [0.1, 0.15) is 5.75 Å². The van der Waals surface area contributed by atoms with Crippen LogP contribution in [0.5, 0.6) is 11.5 Å². The van der Waals surface area contributed by atoms with Gasteiger partial charge in [-0.1, -0.05) is 48.0 Å². The summed E-state index contributed by atoms with van der Waals surface area (Å²) < 4.78 is 76.2. The molecule has 0 unspecified atom stereocenters. The Balaban J connectivity index is 1.65. The normalized spacial score (nSPS) is 11.9. The average molecular weight is 515 g/mol. The highest BCUT2D eigenvalue weighted by Crippen LogP contribution is 2.34. The smallest absolute Gasteiger partial charge is 0.416 e. The van der Waals surface area contributed by atoms with Crippen LogP contribution in [0.3, 0.4) is 0 Å². The molecular weight excluding hydrogens is 493 g/mol. The molecule has 10 heteroatoms. The molecule has 37 heavy (non-hydrogen) atoms. The quantitative estimate of drug-likeness (QED) is 0.275. The van der Waals surface area contributed by atoms with Crippen LogP contribution >= 0.6 is 0 Å². The summed E-state index contributed by atoms with van der Waals surface area (Å²) in [5, 5.41) is 6.35. The van der Waals surface area contributed by atoms with E-state index in [1.165, 1.54) is 16.8 Å². The Hall–Kier alpha value is -4.21. The molecule has 0 aliphatic rings. The molecule has 4 rings (SSSR count). The molecule has 1 amide bonds. The van der Waals surface area contributed by atoms with E-state index in [-0.39, 0.29) is 22.8 Å². The zero-order valence-electron chi connectivity index (χ0n) is 19.8. The Bertz CT molecular complexity index is 1420. The summed E-state index contributed by atoms with van der Waals surface area (Å²) in [5.41, 5.74) is 0.203. The number of para-hydroxylation sites is 1. The number of nitrogens with zero attached hydrogens (tertiary/aromatic N) is 2. The van der Waals surface area contributed by atoms with Crippen LogP contribution in [0.1, 0.15) is 32.7 Å². The molecule has 0 bridgehead atoms. The zero-order valence-corrected chi connectivity index (χ0v) is 19.8. The predicted molar refractivity (Wildman–Crippen MR) is 127 cm³/mol. The first-order chi connectivity index (χ1) is 17.5. The first-order valence-electron chi connectivity index (χ1n) is 11.2. The molecule has 5 nitrogen and oxygen atoms in total. The lowest BCUT2D eigenvalue weighted by Gasteiger charge is -2.20. The fourth-order valence-electron chi connectivity index (χ4n) is 3.84. The van der Waals surface area contributed by atoms with Crippen molar-refractivity contribution in [2.45, 2.75) is 25.9 Å². The number of hydrogen-bond acceptors (Lipinski definition) is 3. The molecule has 0 radical (unpaired) electrons. The van der Waals surface area contributed by atoms with Crippen molar-refractivity contribution in [3.8, 4) is 17.2 Å². The van der Waals surface area contributed by atoms with Crippen LogP contribution < -0.4 is 10.1 Å². The first kappa shape index (κ1) is 25.9. The summed E-state index contributed by atoms with van der Waals surface area (Å²) in [7, 11) is 0. The Labute approximate surface area is 209 Å². The van der Waals surface area contributed by atoms with Gasteiger partial charge in [0.2, 0.25) is 0 Å². The van der Waals surface area contributed by atoms with Crippen molar-refractivity contribution in [3.63, 3.8) is 0 Å². The summed E-state index contributed by atoms with van der Waals surface area (Å²) in [6, 6.07) is 16.9. The zero-order chi connectivity index (χ0) is 26.8. The van der Waals surface area contributed by atoms with Gasteiger partial charge in [0, 0.05) is 5.56 Å². The number of alkyl halides is 5. The molecule has 0 spiro atoms. The third-order valence-electron chi connectivity index (χ3n) is 5.59. The number of nitrogens with one attached hydrogen (secondary N) is 1. The van der Waals surface area contributed by atoms with Crippen molar-refractivity contribution in [1.82, 2.24) is 15.1 Å². The van der Waals surface area contributed by atoms with Gasteiger partial charge in [-0.15, -0.1) is 0 Å². The molecule has 1 N–H and O–H groups in total. The number of aryl methyl sites for hydroxylation is 2. The maximum absolute atomic E-state index is 15.0. The highest BCUT2D eigenvalue weighted by atomic mass is 19.4. The minimum Gasteiger partial charge on any atom is -0.453 e. The molecule has 0 fully saturated rings. The molecule has 0 saturated heterocycles. The summed E-state index contributed by atoms with van der Waals surface area (Å²) in [6.07, 6.45) is -3.46. The van der Waals surface area contributed by atoms with Crippen molar-refractivity contribution in [3.05, 3.63) is 107 Å². The van der Waals surface area contributed by atoms with Gasteiger partial charge in [-0.25, -0.2) is 4.68 Å². The second kappa shape index (κ2) is 10.0. The fraction of sp³-hybridized carbons (Fsp3) is 0.185. The van der Waals surface area contributed by atoms with Gasteiger partial charge in [0.05, 0.1) is 24.0 Å². The largest absolute Gasteiger partial charge is 0.453 e. The van der Waals surface area contributed by atoms with E-state index in [0.29, 0.717) is 11.3 Å². The number of amides is 1. The topological polar surface area (TPSA) is 56.1 Å². The van der Waals surface area contributed by atoms with Gasteiger partial charge >= 0.3 is 6.18 Å². The van der Waals surface area contributed by atoms with Gasteiger partial charge < -0.3 is 10.1 Å². The van der Waals surface area contributed by atoms with E-state index in [2.05, 4.69) is 10.4 Å². The Kier molecular flexibility index (Phi) is 7.02. The SMILES string of the molecule is Cc1ccc(C(F)(F)CNC(=O)c2c(Oc3cccc(C(F)(F)F)c3)cnn2-c2ccccc2)c(C)c1. The third kappa shape index (κ3) is 5.79. The van der Waals surface area contributed by atoms with E-state index >= 15 is 8.78 Å². The van der Waals surface area contributed by atoms with Gasteiger partial charge in [-0.05, 0) is 49.7 Å². The lowest BCUT2D eigenvalue weighted by Crippen LogP contribution is -2.36. The van der Waals surface area contributed by atoms with Crippen molar-refractivity contribution < 1.29 is 31.5 Å². The lowest BCUT2D eigenvalue weighted by molar-refractivity contribution is -0.137. The van der Waals surface area contributed by atoms with E-state index < -0.39 is 30.1 Å². The molecule has 4 aromatic rings. The number of halogens is 5. The highest BCUT2D eigenvalue weighted by Gasteiger charge is 2.35. The Morgan fingerprint density at radius 3 is 2.35 bits per heavy atom. The minimum absolute atomic E-state index is 0.197. The van der Waals surface area contributed by atoms with Crippen molar-refractivity contribution in [1.29, 1.82) is 0 Å². The molecule has 3 aromatic carbocycles. The number of rotatable bonds is 7. The van der Waals surface area contributed by atoms with Crippen molar-refractivity contribution >= 4 is 5.91 Å². The second-order valence-electron chi connectivity index (χ2n) is 8.44. The second-order valence-corrected chi connectivity index (χ2v) is 8.44. The van der Waals surface area contributed by atoms with E-state index in [9.17, 15) is 18.0 Å². The molecule has 1 heterocycles. The maximum Gasteiger partial charge on any atom is 0.416 e. The van der Waals surface area contributed by atoms with Crippen LogP contribution in [0.25, 0.3) is 5.69 Å².